The van der Waals surface area contributed by atoms with Crippen LogP contribution in [0.3, 0.4) is 0 Å². The molecule has 1 aromatic carbocycles. The standard InChI is InChI=1S/C24H32ClN7O2S/c1-15(2)27-24(35)32-8-4-3-5-18(22(32)33)29-23(34)31-11-9-30(10-12-31)20-14-21(26)28-19-13-16(25)6-7-17(19)20/h6-7,13-15,18H,3-5,8-12H2,1-2H3,(H2,26,28)(H,27,35)(H,29,34)/t18-/m0/s1. The number of nitrogens with one attached hydrogen (secondary N) is 2. The van der Waals surface area contributed by atoms with Crippen molar-refractivity contribution in [1.82, 2.24) is 25.4 Å². The lowest BCUT2D eigenvalue weighted by atomic mass is 10.1. The van der Waals surface area contributed by atoms with Crippen LogP contribution in [0.15, 0.2) is 24.3 Å². The zero-order valence-electron chi connectivity index (χ0n) is 20.1. The fourth-order valence-corrected chi connectivity index (χ4v) is 5.14. The molecule has 0 saturated carbocycles. The van der Waals surface area contributed by atoms with Gasteiger partial charge in [0.05, 0.1) is 5.52 Å². The van der Waals surface area contributed by atoms with Crippen molar-refractivity contribution in [2.45, 2.75) is 45.2 Å². The van der Waals surface area contributed by atoms with Crippen molar-refractivity contribution in [3.05, 3.63) is 29.3 Å². The van der Waals surface area contributed by atoms with Crippen molar-refractivity contribution in [1.29, 1.82) is 0 Å². The number of nitrogens with two attached hydrogens (primary N) is 1. The second kappa shape index (κ2) is 10.8. The molecule has 3 heterocycles. The highest BCUT2D eigenvalue weighted by Gasteiger charge is 2.32. The van der Waals surface area contributed by atoms with Gasteiger partial charge in [0.1, 0.15) is 11.9 Å². The molecule has 35 heavy (non-hydrogen) atoms. The molecule has 2 fully saturated rings. The summed E-state index contributed by atoms with van der Waals surface area (Å²) >= 11 is 11.6. The van der Waals surface area contributed by atoms with E-state index in [1.807, 2.05) is 32.0 Å². The van der Waals surface area contributed by atoms with Gasteiger partial charge in [0, 0.05) is 60.9 Å². The minimum atomic E-state index is -0.580. The summed E-state index contributed by atoms with van der Waals surface area (Å²) in [5.41, 5.74) is 7.76. The molecular formula is C24H32ClN7O2S. The number of nitrogen functional groups attached to an aromatic ring is 1. The molecule has 2 aliphatic heterocycles. The predicted octanol–water partition coefficient (Wildman–Crippen LogP) is 2.97. The van der Waals surface area contributed by atoms with Gasteiger partial charge in [-0.15, -0.1) is 0 Å². The van der Waals surface area contributed by atoms with Gasteiger partial charge in [0.25, 0.3) is 5.91 Å². The molecule has 9 nitrogen and oxygen atoms in total. The third-order valence-electron chi connectivity index (χ3n) is 6.32. The summed E-state index contributed by atoms with van der Waals surface area (Å²) < 4.78 is 0. The van der Waals surface area contributed by atoms with Crippen molar-refractivity contribution in [2.24, 2.45) is 0 Å². The first-order valence-electron chi connectivity index (χ1n) is 12.0. The number of hydrogen-bond donors (Lipinski definition) is 3. The number of likely N-dealkylation sites (tertiary alicyclic amines) is 1. The number of aromatic nitrogens is 1. The monoisotopic (exact) mass is 517 g/mol. The summed E-state index contributed by atoms with van der Waals surface area (Å²) in [6.45, 7) is 6.86. The normalized spacial score (nSPS) is 19.1. The van der Waals surface area contributed by atoms with Gasteiger partial charge < -0.3 is 26.2 Å². The van der Waals surface area contributed by atoms with E-state index in [0.717, 1.165) is 29.4 Å². The van der Waals surface area contributed by atoms with E-state index in [1.54, 1.807) is 15.9 Å². The van der Waals surface area contributed by atoms with Crippen LogP contribution in [0.2, 0.25) is 5.02 Å². The van der Waals surface area contributed by atoms with E-state index in [-0.39, 0.29) is 18.0 Å². The van der Waals surface area contributed by atoms with E-state index in [4.69, 9.17) is 29.6 Å². The van der Waals surface area contributed by atoms with E-state index in [1.165, 1.54) is 0 Å². The quantitative estimate of drug-likeness (QED) is 0.537. The molecular weight excluding hydrogens is 486 g/mol. The number of halogens is 1. The Morgan fingerprint density at radius 2 is 1.91 bits per heavy atom. The van der Waals surface area contributed by atoms with E-state index in [9.17, 15) is 9.59 Å². The number of hydrogen-bond acceptors (Lipinski definition) is 6. The number of piperazine rings is 1. The average molecular weight is 518 g/mol. The Balaban J connectivity index is 1.39. The summed E-state index contributed by atoms with van der Waals surface area (Å²) in [5.74, 6) is 0.279. The Bertz CT molecular complexity index is 1120. The lowest BCUT2D eigenvalue weighted by Crippen LogP contribution is -2.57. The number of thiocarbonyl (C=S) groups is 1. The highest BCUT2D eigenvalue weighted by atomic mass is 35.5. The molecule has 0 unspecified atom stereocenters. The SMILES string of the molecule is CC(C)NC(=S)N1CCCC[C@H](NC(=O)N2CCN(c3cc(N)nc4cc(Cl)ccc34)CC2)C1=O. The van der Waals surface area contributed by atoms with E-state index in [2.05, 4.69) is 20.5 Å². The van der Waals surface area contributed by atoms with Crippen LogP contribution >= 0.6 is 23.8 Å². The summed E-state index contributed by atoms with van der Waals surface area (Å²) in [7, 11) is 0. The van der Waals surface area contributed by atoms with Gasteiger partial charge >= 0.3 is 6.03 Å². The highest BCUT2D eigenvalue weighted by molar-refractivity contribution is 7.80. The topological polar surface area (TPSA) is 107 Å². The first-order valence-corrected chi connectivity index (χ1v) is 12.8. The maximum Gasteiger partial charge on any atom is 0.318 e. The molecule has 3 amide bonds. The maximum atomic E-state index is 13.1. The molecule has 0 spiro atoms. The van der Waals surface area contributed by atoms with Crippen LogP contribution < -0.4 is 21.3 Å². The van der Waals surface area contributed by atoms with Crippen molar-refractivity contribution < 1.29 is 9.59 Å². The number of carbonyl (C=O) groups excluding carboxylic acids is 2. The Kier molecular flexibility index (Phi) is 7.81. The fraction of sp³-hybridized carbons (Fsp3) is 0.500. The van der Waals surface area contributed by atoms with Gasteiger partial charge in [-0.25, -0.2) is 9.78 Å². The molecule has 11 heteroatoms. The van der Waals surface area contributed by atoms with Crippen LogP contribution in [0.25, 0.3) is 10.9 Å². The second-order valence-electron chi connectivity index (χ2n) is 9.29. The van der Waals surface area contributed by atoms with Gasteiger partial charge in [-0.05, 0) is 63.5 Å². The minimum absolute atomic E-state index is 0.132. The van der Waals surface area contributed by atoms with Crippen LogP contribution in [-0.4, -0.2) is 76.6 Å². The van der Waals surface area contributed by atoms with Crippen molar-refractivity contribution in [2.75, 3.05) is 43.4 Å². The molecule has 2 saturated heterocycles. The van der Waals surface area contributed by atoms with E-state index in [0.29, 0.717) is 55.1 Å². The van der Waals surface area contributed by atoms with Crippen molar-refractivity contribution >= 4 is 63.3 Å². The highest BCUT2D eigenvalue weighted by Crippen LogP contribution is 2.30. The van der Waals surface area contributed by atoms with E-state index >= 15 is 0 Å². The summed E-state index contributed by atoms with van der Waals surface area (Å²) in [4.78, 5) is 36.1. The first-order chi connectivity index (χ1) is 16.7. The number of urea groups is 1. The zero-order valence-corrected chi connectivity index (χ0v) is 21.7. The number of nitrogens with zero attached hydrogens (tertiary/aromatic N) is 4. The van der Waals surface area contributed by atoms with Crippen LogP contribution in [-0.2, 0) is 4.79 Å². The Morgan fingerprint density at radius 1 is 1.17 bits per heavy atom. The van der Waals surface area contributed by atoms with Crippen LogP contribution in [0, 0.1) is 0 Å². The smallest absolute Gasteiger partial charge is 0.318 e. The molecule has 2 aromatic rings. The summed E-state index contributed by atoms with van der Waals surface area (Å²) in [5, 5.41) is 8.09. The van der Waals surface area contributed by atoms with E-state index < -0.39 is 6.04 Å². The average Bonchev–Trinajstić information content (AvgIpc) is 2.99. The molecule has 1 atom stereocenters. The molecule has 2 aliphatic rings. The van der Waals surface area contributed by atoms with Gasteiger partial charge in [-0.3, -0.25) is 9.69 Å². The van der Waals surface area contributed by atoms with Gasteiger partial charge in [0.15, 0.2) is 5.11 Å². The molecule has 0 aliphatic carbocycles. The number of anilines is 2. The predicted molar refractivity (Wildman–Crippen MR) is 144 cm³/mol. The third kappa shape index (κ3) is 5.87. The van der Waals surface area contributed by atoms with Crippen molar-refractivity contribution in [3.63, 3.8) is 0 Å². The van der Waals surface area contributed by atoms with Crippen LogP contribution in [0.5, 0.6) is 0 Å². The van der Waals surface area contributed by atoms with Gasteiger partial charge in [-0.2, -0.15) is 0 Å². The number of carbonyl (C=O) groups is 2. The number of amides is 3. The number of benzene rings is 1. The van der Waals surface area contributed by atoms with Gasteiger partial charge in [0.2, 0.25) is 0 Å². The Morgan fingerprint density at radius 3 is 2.63 bits per heavy atom. The number of pyridine rings is 1. The molecule has 188 valence electrons. The first kappa shape index (κ1) is 25.2. The van der Waals surface area contributed by atoms with Gasteiger partial charge in [-0.1, -0.05) is 11.6 Å². The number of rotatable bonds is 3. The molecule has 4 N–H and O–H groups in total. The molecule has 1 aromatic heterocycles. The largest absolute Gasteiger partial charge is 0.384 e. The Hall–Kier alpha value is -2.85. The van der Waals surface area contributed by atoms with Crippen LogP contribution in [0.1, 0.15) is 33.1 Å². The zero-order chi connectivity index (χ0) is 25.1. The summed E-state index contributed by atoms with van der Waals surface area (Å²) in [6.07, 6.45) is 2.31. The fourth-order valence-electron chi connectivity index (χ4n) is 4.56. The second-order valence-corrected chi connectivity index (χ2v) is 10.1. The lowest BCUT2D eigenvalue weighted by Gasteiger charge is -2.37. The molecule has 0 bridgehead atoms. The van der Waals surface area contributed by atoms with Crippen LogP contribution in [0.4, 0.5) is 16.3 Å². The maximum absolute atomic E-state index is 13.1. The Labute approximate surface area is 215 Å². The van der Waals surface area contributed by atoms with Crippen molar-refractivity contribution in [3.8, 4) is 0 Å². The summed E-state index contributed by atoms with van der Waals surface area (Å²) in [6, 6.07) is 6.77. The number of fused-ring (bicyclic) bond motifs is 1. The molecule has 0 radical (unpaired) electrons. The lowest BCUT2D eigenvalue weighted by molar-refractivity contribution is -0.128. The molecule has 4 rings (SSSR count). The minimum Gasteiger partial charge on any atom is -0.384 e. The third-order valence-corrected chi connectivity index (χ3v) is 6.89.